The van der Waals surface area contributed by atoms with Crippen molar-refractivity contribution in [2.75, 3.05) is 0 Å². The summed E-state index contributed by atoms with van der Waals surface area (Å²) in [5.74, 6) is -0.331. The first kappa shape index (κ1) is 14.8. The van der Waals surface area contributed by atoms with Crippen molar-refractivity contribution < 1.29 is 10.0 Å². The first-order valence-corrected chi connectivity index (χ1v) is 7.85. The summed E-state index contributed by atoms with van der Waals surface area (Å²) in [6.45, 7) is 0. The van der Waals surface area contributed by atoms with E-state index in [2.05, 4.69) is 6.07 Å². The molecule has 1 amide bonds. The third-order valence-corrected chi connectivity index (χ3v) is 4.27. The Morgan fingerprint density at radius 1 is 1.05 bits per heavy atom. The van der Waals surface area contributed by atoms with E-state index in [-0.39, 0.29) is 11.9 Å². The molecule has 1 aliphatic rings. The standard InChI is InChI=1S/C19H20NO2/c21-19(20(22)18-9-5-2-6-10-18)17-13-11-16(12-14-17)15-7-3-1-4-8-15/h1,3-4,7-8,11,13-14,18,22H,2,5-6,9-10H2. The Hall–Kier alpha value is -2.13. The average Bonchev–Trinajstić information content (AvgIpc) is 2.62. The van der Waals surface area contributed by atoms with Gasteiger partial charge >= 0.3 is 0 Å². The molecule has 2 aromatic carbocycles. The van der Waals surface area contributed by atoms with Gasteiger partial charge in [-0.25, -0.2) is 5.06 Å². The fourth-order valence-electron chi connectivity index (χ4n) is 2.98. The SMILES string of the molecule is O=C(c1c[c]c(-c2ccccc2)cc1)N(O)C1CCCCC1. The van der Waals surface area contributed by atoms with E-state index in [4.69, 9.17) is 0 Å². The zero-order chi connectivity index (χ0) is 15.4. The average molecular weight is 294 g/mol. The van der Waals surface area contributed by atoms with Crippen molar-refractivity contribution in [1.82, 2.24) is 5.06 Å². The van der Waals surface area contributed by atoms with Gasteiger partial charge in [0, 0.05) is 5.56 Å². The summed E-state index contributed by atoms with van der Waals surface area (Å²) in [4.78, 5) is 12.3. The molecule has 2 aromatic rings. The van der Waals surface area contributed by atoms with Crippen molar-refractivity contribution >= 4 is 5.91 Å². The summed E-state index contributed by atoms with van der Waals surface area (Å²) in [7, 11) is 0. The molecule has 113 valence electrons. The van der Waals surface area contributed by atoms with Gasteiger partial charge in [0.1, 0.15) is 0 Å². The van der Waals surface area contributed by atoms with Crippen LogP contribution in [-0.2, 0) is 0 Å². The minimum atomic E-state index is -0.331. The van der Waals surface area contributed by atoms with Crippen LogP contribution in [0.1, 0.15) is 42.5 Å². The first-order chi connectivity index (χ1) is 10.8. The molecule has 0 spiro atoms. The molecule has 0 bridgehead atoms. The molecule has 0 saturated heterocycles. The molecule has 3 nitrogen and oxygen atoms in total. The number of nitrogens with zero attached hydrogens (tertiary/aromatic N) is 1. The maximum absolute atomic E-state index is 12.3. The Labute approximate surface area is 131 Å². The second-order valence-corrected chi connectivity index (χ2v) is 5.80. The molecule has 3 heteroatoms. The van der Waals surface area contributed by atoms with Gasteiger partial charge in [-0.1, -0.05) is 55.7 Å². The lowest BCUT2D eigenvalue weighted by Crippen LogP contribution is -2.38. The first-order valence-electron chi connectivity index (χ1n) is 7.85. The smallest absolute Gasteiger partial charge is 0.277 e. The van der Waals surface area contributed by atoms with Crippen LogP contribution in [0.25, 0.3) is 11.1 Å². The monoisotopic (exact) mass is 294 g/mol. The van der Waals surface area contributed by atoms with Crippen LogP contribution in [0.5, 0.6) is 0 Å². The van der Waals surface area contributed by atoms with Crippen LogP contribution in [0.4, 0.5) is 0 Å². The lowest BCUT2D eigenvalue weighted by Gasteiger charge is -2.29. The fourth-order valence-corrected chi connectivity index (χ4v) is 2.98. The summed E-state index contributed by atoms with van der Waals surface area (Å²) < 4.78 is 0. The number of hydrogen-bond acceptors (Lipinski definition) is 2. The molecule has 3 rings (SSSR count). The Kier molecular flexibility index (Phi) is 4.54. The highest BCUT2D eigenvalue weighted by atomic mass is 16.5. The predicted octanol–water partition coefficient (Wildman–Crippen LogP) is 4.32. The molecule has 0 atom stereocenters. The van der Waals surface area contributed by atoms with Gasteiger partial charge in [0.05, 0.1) is 6.04 Å². The van der Waals surface area contributed by atoms with Crippen molar-refractivity contribution in [2.45, 2.75) is 38.1 Å². The zero-order valence-electron chi connectivity index (χ0n) is 12.5. The van der Waals surface area contributed by atoms with E-state index in [1.54, 1.807) is 12.1 Å². The number of carbonyl (C=O) groups excluding carboxylic acids is 1. The van der Waals surface area contributed by atoms with Gasteiger partial charge in [0.25, 0.3) is 5.91 Å². The number of benzene rings is 2. The van der Waals surface area contributed by atoms with Gasteiger partial charge in [-0.15, -0.1) is 0 Å². The molecular formula is C19H20NO2. The largest absolute Gasteiger partial charge is 0.285 e. The topological polar surface area (TPSA) is 40.5 Å². The number of carbonyl (C=O) groups is 1. The molecule has 1 radical (unpaired) electrons. The molecule has 1 fully saturated rings. The second-order valence-electron chi connectivity index (χ2n) is 5.80. The highest BCUT2D eigenvalue weighted by Crippen LogP contribution is 2.24. The summed E-state index contributed by atoms with van der Waals surface area (Å²) >= 11 is 0. The Morgan fingerprint density at radius 2 is 1.77 bits per heavy atom. The van der Waals surface area contributed by atoms with Crippen molar-refractivity contribution in [3.8, 4) is 11.1 Å². The molecule has 0 heterocycles. The van der Waals surface area contributed by atoms with Crippen LogP contribution in [0, 0.1) is 6.07 Å². The van der Waals surface area contributed by atoms with Gasteiger partial charge in [-0.2, -0.15) is 0 Å². The van der Waals surface area contributed by atoms with E-state index in [0.29, 0.717) is 5.56 Å². The van der Waals surface area contributed by atoms with E-state index in [0.717, 1.165) is 41.9 Å². The van der Waals surface area contributed by atoms with Gasteiger partial charge in [0.2, 0.25) is 0 Å². The minimum Gasteiger partial charge on any atom is -0.285 e. The van der Waals surface area contributed by atoms with Crippen LogP contribution >= 0.6 is 0 Å². The normalized spacial score (nSPS) is 15.5. The highest BCUT2D eigenvalue weighted by molar-refractivity contribution is 5.94. The summed E-state index contributed by atoms with van der Waals surface area (Å²) in [6.07, 6.45) is 5.11. The third kappa shape index (κ3) is 3.20. The number of hydroxylamine groups is 2. The van der Waals surface area contributed by atoms with Crippen molar-refractivity contribution in [3.63, 3.8) is 0 Å². The van der Waals surface area contributed by atoms with E-state index >= 15 is 0 Å². The van der Waals surface area contributed by atoms with Crippen molar-refractivity contribution in [1.29, 1.82) is 0 Å². The fraction of sp³-hybridized carbons (Fsp3) is 0.316. The van der Waals surface area contributed by atoms with E-state index < -0.39 is 0 Å². The highest BCUT2D eigenvalue weighted by Gasteiger charge is 2.24. The molecule has 0 aromatic heterocycles. The molecule has 1 aliphatic carbocycles. The maximum atomic E-state index is 12.3. The Morgan fingerprint density at radius 3 is 2.41 bits per heavy atom. The molecule has 0 unspecified atom stereocenters. The van der Waals surface area contributed by atoms with Crippen LogP contribution in [0.2, 0.25) is 0 Å². The predicted molar refractivity (Wildman–Crippen MR) is 85.5 cm³/mol. The number of rotatable bonds is 3. The Balaban J connectivity index is 1.73. The van der Waals surface area contributed by atoms with E-state index in [9.17, 15) is 10.0 Å². The van der Waals surface area contributed by atoms with Crippen LogP contribution in [0.3, 0.4) is 0 Å². The van der Waals surface area contributed by atoms with Gasteiger partial charge in [-0.05, 0) is 42.2 Å². The second kappa shape index (κ2) is 6.75. The van der Waals surface area contributed by atoms with E-state index in [1.807, 2.05) is 36.4 Å². The summed E-state index contributed by atoms with van der Waals surface area (Å²) in [6, 6.07) is 18.3. The molecule has 0 aliphatic heterocycles. The molecule has 22 heavy (non-hydrogen) atoms. The summed E-state index contributed by atoms with van der Waals surface area (Å²) in [5, 5.41) is 11.1. The lowest BCUT2D eigenvalue weighted by molar-refractivity contribution is -0.0963. The molecule has 1 N–H and O–H groups in total. The summed E-state index contributed by atoms with van der Waals surface area (Å²) in [5.41, 5.74) is 2.49. The van der Waals surface area contributed by atoms with Crippen molar-refractivity contribution in [2.24, 2.45) is 0 Å². The quantitative estimate of drug-likeness (QED) is 0.676. The van der Waals surface area contributed by atoms with Crippen LogP contribution in [-0.4, -0.2) is 22.2 Å². The number of hydrogen-bond donors (Lipinski definition) is 1. The third-order valence-electron chi connectivity index (χ3n) is 4.27. The molecule has 1 saturated carbocycles. The Bertz CT molecular complexity index is 616. The van der Waals surface area contributed by atoms with Gasteiger partial charge < -0.3 is 0 Å². The van der Waals surface area contributed by atoms with Gasteiger partial charge in [0.15, 0.2) is 0 Å². The minimum absolute atomic E-state index is 0.0463. The molecular weight excluding hydrogens is 274 g/mol. The van der Waals surface area contributed by atoms with Crippen LogP contribution < -0.4 is 0 Å². The van der Waals surface area contributed by atoms with Crippen LogP contribution in [0.15, 0.2) is 48.5 Å². The zero-order valence-corrected chi connectivity index (χ0v) is 12.5. The lowest BCUT2D eigenvalue weighted by atomic mass is 9.95. The van der Waals surface area contributed by atoms with E-state index in [1.165, 1.54) is 6.42 Å². The van der Waals surface area contributed by atoms with Gasteiger partial charge in [-0.3, -0.25) is 10.0 Å². The number of amides is 1. The van der Waals surface area contributed by atoms with Crippen molar-refractivity contribution in [3.05, 3.63) is 60.2 Å². The maximum Gasteiger partial charge on any atom is 0.277 e.